The van der Waals surface area contributed by atoms with E-state index < -0.39 is 0 Å². The predicted molar refractivity (Wildman–Crippen MR) is 98.7 cm³/mol. The number of thiocarbonyl (C=S) groups is 1. The van der Waals surface area contributed by atoms with Gasteiger partial charge in [-0.05, 0) is 56.2 Å². The molecule has 2 atom stereocenters. The van der Waals surface area contributed by atoms with Crippen LogP contribution in [0.2, 0.25) is 0 Å². The van der Waals surface area contributed by atoms with Crippen molar-refractivity contribution in [2.24, 2.45) is 7.05 Å². The Labute approximate surface area is 148 Å². The highest BCUT2D eigenvalue weighted by atomic mass is 32.1. The highest BCUT2D eigenvalue weighted by Crippen LogP contribution is 2.40. The second kappa shape index (κ2) is 6.91. The average Bonchev–Trinajstić information content (AvgIpc) is 3.05. The lowest BCUT2D eigenvalue weighted by Gasteiger charge is -2.27. The van der Waals surface area contributed by atoms with Crippen LogP contribution in [0.1, 0.15) is 41.1 Å². The van der Waals surface area contributed by atoms with Gasteiger partial charge in [-0.1, -0.05) is 6.07 Å². The van der Waals surface area contributed by atoms with Crippen LogP contribution in [0.15, 0.2) is 30.5 Å². The number of aliphatic hydroxyl groups excluding tert-OH is 1. The van der Waals surface area contributed by atoms with Crippen LogP contribution in [0.3, 0.4) is 0 Å². The van der Waals surface area contributed by atoms with Crippen LogP contribution >= 0.6 is 12.2 Å². The zero-order chi connectivity index (χ0) is 17.3. The molecular formula is C18H24N4OS. The van der Waals surface area contributed by atoms with Gasteiger partial charge in [0.05, 0.1) is 17.8 Å². The minimum atomic E-state index is 0.0119. The fourth-order valence-electron chi connectivity index (χ4n) is 3.41. The molecule has 128 valence electrons. The first-order chi connectivity index (χ1) is 11.5. The van der Waals surface area contributed by atoms with Gasteiger partial charge in [-0.15, -0.1) is 0 Å². The lowest BCUT2D eigenvalue weighted by Crippen LogP contribution is -2.31. The van der Waals surface area contributed by atoms with Crippen molar-refractivity contribution in [2.75, 3.05) is 13.2 Å². The number of nitrogens with one attached hydrogen (secondary N) is 1. The van der Waals surface area contributed by atoms with Crippen LogP contribution in [0.25, 0.3) is 0 Å². The molecule has 3 rings (SSSR count). The largest absolute Gasteiger partial charge is 0.396 e. The third kappa shape index (κ3) is 2.91. The van der Waals surface area contributed by atoms with Crippen LogP contribution in [-0.4, -0.2) is 37.8 Å². The summed E-state index contributed by atoms with van der Waals surface area (Å²) in [6, 6.07) is 8.29. The lowest BCUT2D eigenvalue weighted by atomic mass is 9.96. The molecule has 0 aliphatic carbocycles. The molecule has 0 spiro atoms. The zero-order valence-electron chi connectivity index (χ0n) is 14.4. The molecule has 1 saturated heterocycles. The molecule has 2 N–H and O–H groups in total. The molecule has 1 aliphatic rings. The van der Waals surface area contributed by atoms with E-state index in [1.165, 1.54) is 17.0 Å². The molecule has 3 heterocycles. The molecule has 6 heteroatoms. The SMILES string of the molecule is Cc1cc(C2C(c3ccccn3)NC(=S)N2CCCO)c(C)n1C. The molecule has 24 heavy (non-hydrogen) atoms. The van der Waals surface area contributed by atoms with Crippen LogP contribution in [0.4, 0.5) is 0 Å². The number of hydrogen-bond acceptors (Lipinski definition) is 3. The van der Waals surface area contributed by atoms with Crippen molar-refractivity contribution in [1.82, 2.24) is 19.8 Å². The number of aromatic nitrogens is 2. The van der Waals surface area contributed by atoms with Gasteiger partial charge in [-0.2, -0.15) is 0 Å². The third-order valence-electron chi connectivity index (χ3n) is 4.89. The number of pyridine rings is 1. The Bertz CT molecular complexity index is 728. The highest BCUT2D eigenvalue weighted by molar-refractivity contribution is 7.80. The Balaban J connectivity index is 2.05. The number of hydrogen-bond donors (Lipinski definition) is 2. The van der Waals surface area contributed by atoms with Crippen molar-refractivity contribution in [2.45, 2.75) is 32.4 Å². The van der Waals surface area contributed by atoms with Crippen molar-refractivity contribution in [3.05, 3.63) is 53.1 Å². The topological polar surface area (TPSA) is 53.3 Å². The van der Waals surface area contributed by atoms with E-state index in [0.29, 0.717) is 6.42 Å². The molecule has 0 aromatic carbocycles. The van der Waals surface area contributed by atoms with Crippen molar-refractivity contribution in [3.63, 3.8) is 0 Å². The summed E-state index contributed by atoms with van der Waals surface area (Å²) < 4.78 is 2.20. The summed E-state index contributed by atoms with van der Waals surface area (Å²) in [4.78, 5) is 6.73. The summed E-state index contributed by atoms with van der Waals surface area (Å²) in [6.45, 7) is 5.14. The van der Waals surface area contributed by atoms with Gasteiger partial charge >= 0.3 is 0 Å². The number of nitrogens with zero attached hydrogens (tertiary/aromatic N) is 3. The molecule has 2 aromatic rings. The average molecular weight is 344 g/mol. The molecular weight excluding hydrogens is 320 g/mol. The molecule has 5 nitrogen and oxygen atoms in total. The summed E-state index contributed by atoms with van der Waals surface area (Å²) >= 11 is 5.59. The van der Waals surface area contributed by atoms with Crippen LogP contribution < -0.4 is 5.32 Å². The van der Waals surface area contributed by atoms with Gasteiger partial charge in [0.2, 0.25) is 0 Å². The number of rotatable bonds is 5. The lowest BCUT2D eigenvalue weighted by molar-refractivity contribution is 0.247. The second-order valence-corrected chi connectivity index (χ2v) is 6.67. The summed E-state index contributed by atoms with van der Waals surface area (Å²) in [7, 11) is 2.09. The van der Waals surface area contributed by atoms with Gasteiger partial charge in [0.15, 0.2) is 5.11 Å². The van der Waals surface area contributed by atoms with Gasteiger partial charge < -0.3 is 19.9 Å². The normalized spacial score (nSPS) is 20.5. The van der Waals surface area contributed by atoms with Gasteiger partial charge in [-0.25, -0.2) is 0 Å². The Morgan fingerprint density at radius 1 is 1.33 bits per heavy atom. The fraction of sp³-hybridized carbons (Fsp3) is 0.444. The number of aryl methyl sites for hydroxylation is 1. The van der Waals surface area contributed by atoms with Crippen molar-refractivity contribution >= 4 is 17.3 Å². The first kappa shape index (κ1) is 16.9. The van der Waals surface area contributed by atoms with Gasteiger partial charge in [0.25, 0.3) is 0 Å². The molecule has 0 saturated carbocycles. The molecule has 1 fully saturated rings. The van der Waals surface area contributed by atoms with Crippen molar-refractivity contribution < 1.29 is 5.11 Å². The van der Waals surface area contributed by atoms with E-state index in [1.807, 2.05) is 24.4 Å². The Morgan fingerprint density at radius 2 is 2.12 bits per heavy atom. The van der Waals surface area contributed by atoms with E-state index in [9.17, 15) is 5.11 Å². The minimum Gasteiger partial charge on any atom is -0.396 e. The summed E-state index contributed by atoms with van der Waals surface area (Å²) in [5.41, 5.74) is 4.70. The molecule has 2 aromatic heterocycles. The number of aliphatic hydroxyl groups is 1. The fourth-order valence-corrected chi connectivity index (χ4v) is 3.74. The Morgan fingerprint density at radius 3 is 2.71 bits per heavy atom. The highest BCUT2D eigenvalue weighted by Gasteiger charge is 2.40. The maximum Gasteiger partial charge on any atom is 0.170 e. The van der Waals surface area contributed by atoms with Gasteiger partial charge in [0, 0.05) is 37.8 Å². The Hall–Kier alpha value is -1.92. The van der Waals surface area contributed by atoms with E-state index in [4.69, 9.17) is 12.2 Å². The minimum absolute atomic E-state index is 0.0119. The van der Waals surface area contributed by atoms with Crippen LogP contribution in [0, 0.1) is 13.8 Å². The molecule has 0 bridgehead atoms. The molecule has 0 amide bonds. The summed E-state index contributed by atoms with van der Waals surface area (Å²) in [6.07, 6.45) is 2.51. The molecule has 0 radical (unpaired) electrons. The van der Waals surface area contributed by atoms with E-state index in [-0.39, 0.29) is 18.7 Å². The van der Waals surface area contributed by atoms with E-state index >= 15 is 0 Å². The maximum atomic E-state index is 9.25. The van der Waals surface area contributed by atoms with Crippen LogP contribution in [0.5, 0.6) is 0 Å². The smallest absolute Gasteiger partial charge is 0.170 e. The second-order valence-electron chi connectivity index (χ2n) is 6.28. The summed E-state index contributed by atoms with van der Waals surface area (Å²) in [5.74, 6) is 0. The first-order valence-electron chi connectivity index (χ1n) is 8.26. The summed E-state index contributed by atoms with van der Waals surface area (Å²) in [5, 5.41) is 13.4. The van der Waals surface area contributed by atoms with Crippen molar-refractivity contribution in [3.8, 4) is 0 Å². The molecule has 2 unspecified atom stereocenters. The molecule has 1 aliphatic heterocycles. The predicted octanol–water partition coefficient (Wildman–Crippen LogP) is 2.39. The standard InChI is InChI=1S/C18H24N4OS/c1-12-11-14(13(2)21(12)3)17-16(15-7-4-5-8-19-15)20-18(24)22(17)9-6-10-23/h4-5,7-8,11,16-17,23H,6,9-10H2,1-3H3,(H,20,24). The van der Waals surface area contributed by atoms with Gasteiger partial charge in [0.1, 0.15) is 0 Å². The van der Waals surface area contributed by atoms with E-state index in [0.717, 1.165) is 17.4 Å². The van der Waals surface area contributed by atoms with Gasteiger partial charge in [-0.3, -0.25) is 4.98 Å². The first-order valence-corrected chi connectivity index (χ1v) is 8.67. The van der Waals surface area contributed by atoms with E-state index in [1.54, 1.807) is 0 Å². The zero-order valence-corrected chi connectivity index (χ0v) is 15.2. The maximum absolute atomic E-state index is 9.25. The quantitative estimate of drug-likeness (QED) is 0.816. The Kier molecular flexibility index (Phi) is 4.87. The van der Waals surface area contributed by atoms with Crippen molar-refractivity contribution in [1.29, 1.82) is 0 Å². The van der Waals surface area contributed by atoms with E-state index in [2.05, 4.69) is 46.7 Å². The van der Waals surface area contributed by atoms with Crippen LogP contribution in [-0.2, 0) is 7.05 Å². The monoisotopic (exact) mass is 344 g/mol. The third-order valence-corrected chi connectivity index (χ3v) is 5.24.